The largest absolute Gasteiger partial charge is 0.507 e. The van der Waals surface area contributed by atoms with Crippen LogP contribution in [0.5, 0.6) is 11.5 Å². The van der Waals surface area contributed by atoms with E-state index in [2.05, 4.69) is 4.98 Å². The number of fused-ring (bicyclic) bond motifs is 1. The maximum absolute atomic E-state index is 13.5. The first-order chi connectivity index (χ1) is 18.2. The Morgan fingerprint density at radius 3 is 2.39 bits per heavy atom. The molecule has 1 amide bonds. The van der Waals surface area contributed by atoms with E-state index in [0.717, 1.165) is 21.5 Å². The lowest BCUT2D eigenvalue weighted by Crippen LogP contribution is -2.29. The summed E-state index contributed by atoms with van der Waals surface area (Å²) < 4.78 is 11.6. The first-order valence-electron chi connectivity index (χ1n) is 11.9. The number of carbonyl (C=O) groups excluding carboxylic acids is 2. The van der Waals surface area contributed by atoms with Crippen LogP contribution < -0.4 is 19.3 Å². The normalized spacial score (nSPS) is 16.8. The van der Waals surface area contributed by atoms with Gasteiger partial charge >= 0.3 is 5.91 Å². The molecule has 0 aliphatic carbocycles. The summed E-state index contributed by atoms with van der Waals surface area (Å²) in [5, 5.41) is 11.9. The van der Waals surface area contributed by atoms with Gasteiger partial charge in [-0.25, -0.2) is 4.98 Å². The van der Waals surface area contributed by atoms with Gasteiger partial charge in [-0.3, -0.25) is 14.5 Å². The van der Waals surface area contributed by atoms with E-state index < -0.39 is 17.7 Å². The van der Waals surface area contributed by atoms with Gasteiger partial charge in [-0.1, -0.05) is 29.5 Å². The number of amides is 1. The first kappa shape index (κ1) is 25.3. The molecule has 1 aliphatic heterocycles. The zero-order chi connectivity index (χ0) is 27.1. The lowest BCUT2D eigenvalue weighted by atomic mass is 9.95. The fourth-order valence-corrected chi connectivity index (χ4v) is 5.65. The van der Waals surface area contributed by atoms with E-state index >= 15 is 0 Å². The van der Waals surface area contributed by atoms with Crippen molar-refractivity contribution >= 4 is 49.8 Å². The quantitative estimate of drug-likeness (QED) is 0.205. The Hall–Kier alpha value is -4.37. The van der Waals surface area contributed by atoms with E-state index in [4.69, 9.17) is 9.47 Å². The number of ether oxygens (including phenoxy) is 2. The molecule has 0 radical (unpaired) electrons. The highest BCUT2D eigenvalue weighted by atomic mass is 32.1. The second-order valence-corrected chi connectivity index (χ2v) is 10.2. The minimum Gasteiger partial charge on any atom is -0.507 e. The summed E-state index contributed by atoms with van der Waals surface area (Å²) in [6, 6.07) is 17.4. The third kappa shape index (κ3) is 4.24. The molecule has 1 saturated heterocycles. The molecular formula is C29H27N3O5S. The number of hydrogen-bond donors (Lipinski definition) is 1. The van der Waals surface area contributed by atoms with Crippen LogP contribution >= 0.6 is 11.3 Å². The van der Waals surface area contributed by atoms with Crippen molar-refractivity contribution in [3.63, 3.8) is 0 Å². The van der Waals surface area contributed by atoms with Crippen molar-refractivity contribution in [2.45, 2.75) is 13.0 Å². The number of carbonyl (C=O) groups is 2. The topological polar surface area (TPSA) is 92.2 Å². The van der Waals surface area contributed by atoms with Crippen LogP contribution in [0.15, 0.2) is 66.2 Å². The number of rotatable bonds is 6. The number of ketones is 1. The Morgan fingerprint density at radius 2 is 1.74 bits per heavy atom. The lowest BCUT2D eigenvalue weighted by molar-refractivity contribution is -0.132. The van der Waals surface area contributed by atoms with Crippen molar-refractivity contribution in [2.75, 3.05) is 38.1 Å². The molecular weight excluding hydrogens is 502 g/mol. The number of benzene rings is 3. The van der Waals surface area contributed by atoms with Crippen LogP contribution in [0.2, 0.25) is 0 Å². The van der Waals surface area contributed by atoms with Crippen molar-refractivity contribution in [1.82, 2.24) is 4.98 Å². The highest BCUT2D eigenvalue weighted by Gasteiger charge is 2.48. The van der Waals surface area contributed by atoms with Crippen LogP contribution in [0.4, 0.5) is 10.8 Å². The molecule has 38 heavy (non-hydrogen) atoms. The molecule has 1 fully saturated rings. The van der Waals surface area contributed by atoms with E-state index in [9.17, 15) is 14.7 Å². The molecule has 2 heterocycles. The number of aromatic nitrogens is 1. The second-order valence-electron chi connectivity index (χ2n) is 9.19. The minimum absolute atomic E-state index is 0.0356. The Morgan fingerprint density at radius 1 is 1.00 bits per heavy atom. The summed E-state index contributed by atoms with van der Waals surface area (Å²) in [5.74, 6) is -1.04. The monoisotopic (exact) mass is 529 g/mol. The molecule has 194 valence electrons. The van der Waals surface area contributed by atoms with Crippen molar-refractivity contribution in [1.29, 1.82) is 0 Å². The van der Waals surface area contributed by atoms with Gasteiger partial charge in [0.15, 0.2) is 5.13 Å². The molecule has 1 aliphatic rings. The summed E-state index contributed by atoms with van der Waals surface area (Å²) in [5.41, 5.74) is 3.66. The van der Waals surface area contributed by atoms with Gasteiger partial charge in [-0.05, 0) is 54.4 Å². The lowest BCUT2D eigenvalue weighted by Gasteiger charge is -2.24. The summed E-state index contributed by atoms with van der Waals surface area (Å²) in [7, 11) is 6.85. The molecule has 0 spiro atoms. The number of aliphatic hydroxyl groups excluding tert-OH is 1. The average molecular weight is 530 g/mol. The predicted molar refractivity (Wildman–Crippen MR) is 149 cm³/mol. The predicted octanol–water partition coefficient (Wildman–Crippen LogP) is 5.31. The van der Waals surface area contributed by atoms with Gasteiger partial charge in [-0.15, -0.1) is 0 Å². The Kier molecular flexibility index (Phi) is 6.54. The van der Waals surface area contributed by atoms with Gasteiger partial charge < -0.3 is 19.5 Å². The van der Waals surface area contributed by atoms with Crippen molar-refractivity contribution < 1.29 is 24.2 Å². The van der Waals surface area contributed by atoms with E-state index in [-0.39, 0.29) is 16.9 Å². The number of aliphatic hydroxyl groups is 1. The molecule has 1 atom stereocenters. The molecule has 4 aromatic rings. The van der Waals surface area contributed by atoms with Crippen LogP contribution in [0.1, 0.15) is 22.7 Å². The van der Waals surface area contributed by atoms with E-state index in [1.165, 1.54) is 30.5 Å². The summed E-state index contributed by atoms with van der Waals surface area (Å²) in [6.07, 6.45) is 0. The maximum Gasteiger partial charge on any atom is 0.301 e. The van der Waals surface area contributed by atoms with Gasteiger partial charge in [0, 0.05) is 25.8 Å². The van der Waals surface area contributed by atoms with E-state index in [1.807, 2.05) is 68.4 Å². The van der Waals surface area contributed by atoms with Crippen LogP contribution in [0, 0.1) is 6.92 Å². The number of anilines is 2. The second kappa shape index (κ2) is 9.83. The number of nitrogens with zero attached hydrogens (tertiary/aromatic N) is 3. The van der Waals surface area contributed by atoms with Crippen molar-refractivity contribution in [3.8, 4) is 11.5 Å². The average Bonchev–Trinajstić information content (AvgIpc) is 3.45. The molecule has 0 bridgehead atoms. The molecule has 5 rings (SSSR count). The number of thiazole rings is 1. The zero-order valence-corrected chi connectivity index (χ0v) is 22.5. The molecule has 1 N–H and O–H groups in total. The minimum atomic E-state index is -0.889. The highest BCUT2D eigenvalue weighted by Crippen LogP contribution is 2.45. The molecule has 0 saturated carbocycles. The molecule has 1 unspecified atom stereocenters. The SMILES string of the molecule is COc1ccc(/C(O)=C2\C(=O)C(=O)N(c3nc4ccc(C)cc4s3)C2c2ccc(N(C)C)cc2)c(OC)c1. The number of aryl methyl sites for hydroxylation is 1. The number of Topliss-reactive ketones (excluding diaryl/α,β-unsaturated/α-hetero) is 1. The molecule has 8 nitrogen and oxygen atoms in total. The van der Waals surface area contributed by atoms with Gasteiger partial charge in [-0.2, -0.15) is 0 Å². The summed E-state index contributed by atoms with van der Waals surface area (Å²) in [4.78, 5) is 35.1. The zero-order valence-electron chi connectivity index (χ0n) is 21.7. The van der Waals surface area contributed by atoms with Crippen molar-refractivity contribution in [3.05, 3.63) is 82.9 Å². The first-order valence-corrected chi connectivity index (χ1v) is 12.7. The van der Waals surface area contributed by atoms with E-state index in [0.29, 0.717) is 22.2 Å². The fraction of sp³-hybridized carbons (Fsp3) is 0.207. The van der Waals surface area contributed by atoms with Gasteiger partial charge in [0.25, 0.3) is 5.78 Å². The fourth-order valence-electron chi connectivity index (χ4n) is 4.56. The molecule has 3 aromatic carbocycles. The van der Waals surface area contributed by atoms with Crippen LogP contribution in [0.25, 0.3) is 16.0 Å². The third-order valence-electron chi connectivity index (χ3n) is 6.57. The molecule has 9 heteroatoms. The van der Waals surface area contributed by atoms with Crippen LogP contribution in [0.3, 0.4) is 0 Å². The summed E-state index contributed by atoms with van der Waals surface area (Å²) in [6.45, 7) is 1.99. The maximum atomic E-state index is 13.5. The smallest absolute Gasteiger partial charge is 0.301 e. The van der Waals surface area contributed by atoms with Crippen LogP contribution in [-0.2, 0) is 9.59 Å². The Bertz CT molecular complexity index is 1590. The number of hydrogen-bond acceptors (Lipinski definition) is 8. The van der Waals surface area contributed by atoms with Gasteiger partial charge in [0.2, 0.25) is 0 Å². The number of methoxy groups -OCH3 is 2. The van der Waals surface area contributed by atoms with Gasteiger partial charge in [0.1, 0.15) is 17.3 Å². The van der Waals surface area contributed by atoms with Crippen molar-refractivity contribution in [2.24, 2.45) is 0 Å². The standard InChI is InChI=1S/C29H27N3O5S/c1-16-6-13-21-23(14-16)38-29(30-21)32-25(17-7-9-18(10-8-17)31(2)3)24(27(34)28(32)35)26(33)20-12-11-19(36-4)15-22(20)37-5/h6-15,25,33H,1-5H3/b26-24+. The van der Waals surface area contributed by atoms with E-state index in [1.54, 1.807) is 18.2 Å². The van der Waals surface area contributed by atoms with Gasteiger partial charge in [0.05, 0.1) is 41.6 Å². The summed E-state index contributed by atoms with van der Waals surface area (Å²) >= 11 is 1.33. The van der Waals surface area contributed by atoms with Crippen LogP contribution in [-0.4, -0.2) is 50.1 Å². The third-order valence-corrected chi connectivity index (χ3v) is 7.59. The highest BCUT2D eigenvalue weighted by molar-refractivity contribution is 7.22. The molecule has 1 aromatic heterocycles. The Labute approximate surface area is 224 Å². The Balaban J connectivity index is 1.73.